The van der Waals surface area contributed by atoms with Crippen LogP contribution in [0.25, 0.3) is 0 Å². The van der Waals surface area contributed by atoms with Gasteiger partial charge in [-0.1, -0.05) is 24.9 Å². The highest BCUT2D eigenvalue weighted by atomic mass is 35.5. The van der Waals surface area contributed by atoms with Gasteiger partial charge < -0.3 is 5.32 Å². The number of nitrogens with one attached hydrogen (secondary N) is 1. The van der Waals surface area contributed by atoms with Gasteiger partial charge in [0.1, 0.15) is 4.21 Å². The summed E-state index contributed by atoms with van der Waals surface area (Å²) in [5.41, 5.74) is 0. The van der Waals surface area contributed by atoms with E-state index >= 15 is 0 Å². The maximum atomic E-state index is 12.6. The van der Waals surface area contributed by atoms with Crippen LogP contribution >= 0.6 is 22.9 Å². The lowest BCUT2D eigenvalue weighted by Crippen LogP contribution is -2.43. The summed E-state index contributed by atoms with van der Waals surface area (Å²) in [6, 6.07) is 2.41. The van der Waals surface area contributed by atoms with Crippen LogP contribution < -0.4 is 5.32 Å². The lowest BCUT2D eigenvalue weighted by atomic mass is 10.2. The van der Waals surface area contributed by atoms with E-state index in [1.807, 2.05) is 6.92 Å². The van der Waals surface area contributed by atoms with Crippen molar-refractivity contribution in [3.05, 3.63) is 16.5 Å². The van der Waals surface area contributed by atoms with E-state index in [4.69, 9.17) is 11.6 Å². The van der Waals surface area contributed by atoms with E-state index in [0.717, 1.165) is 24.2 Å². The summed E-state index contributed by atoms with van der Waals surface area (Å²) in [6.45, 7) is 2.64. The Labute approximate surface area is 134 Å². The minimum absolute atomic E-state index is 0.125. The lowest BCUT2D eigenvalue weighted by molar-refractivity contribution is 0.519. The van der Waals surface area contributed by atoms with Gasteiger partial charge in [0.25, 0.3) is 0 Å². The Morgan fingerprint density at radius 3 is 2.67 bits per heavy atom. The maximum Gasteiger partial charge on any atom is 0.193 e. The van der Waals surface area contributed by atoms with Crippen molar-refractivity contribution in [1.29, 1.82) is 0 Å². The number of hydrogen-bond acceptors (Lipinski definition) is 6. The van der Waals surface area contributed by atoms with Gasteiger partial charge in [-0.05, 0) is 25.1 Å². The Balaban J connectivity index is 2.26. The van der Waals surface area contributed by atoms with Crippen molar-refractivity contribution in [2.45, 2.75) is 35.3 Å². The minimum atomic E-state index is -3.68. The summed E-state index contributed by atoms with van der Waals surface area (Å²) >= 11 is 6.76. The van der Waals surface area contributed by atoms with Gasteiger partial charge >= 0.3 is 0 Å². The summed E-state index contributed by atoms with van der Waals surface area (Å²) in [4.78, 5) is 0. The van der Waals surface area contributed by atoms with E-state index in [9.17, 15) is 16.8 Å². The molecule has 2 heterocycles. The molecular formula is C12H18ClNO4S3. The van der Waals surface area contributed by atoms with E-state index in [1.165, 1.54) is 12.1 Å². The van der Waals surface area contributed by atoms with Crippen molar-refractivity contribution in [3.8, 4) is 0 Å². The third-order valence-corrected chi connectivity index (χ3v) is 9.37. The normalized spacial score (nSPS) is 25.2. The molecule has 1 aromatic rings. The van der Waals surface area contributed by atoms with Crippen molar-refractivity contribution in [3.63, 3.8) is 0 Å². The SMILES string of the molecule is CCCCN[C@H]1CS(=O)(=O)C[C@@H]1S(=O)(=O)c1ccc(Cl)s1. The van der Waals surface area contributed by atoms with Crippen molar-refractivity contribution < 1.29 is 16.8 Å². The Kier molecular flexibility index (Phi) is 5.36. The average Bonchev–Trinajstić information content (AvgIpc) is 2.94. The Morgan fingerprint density at radius 1 is 1.38 bits per heavy atom. The van der Waals surface area contributed by atoms with E-state index < -0.39 is 31.0 Å². The van der Waals surface area contributed by atoms with Gasteiger partial charge in [-0.15, -0.1) is 11.3 Å². The number of halogens is 1. The monoisotopic (exact) mass is 371 g/mol. The smallest absolute Gasteiger partial charge is 0.193 e. The Bertz CT molecular complexity index is 696. The third-order valence-electron chi connectivity index (χ3n) is 3.46. The van der Waals surface area contributed by atoms with Crippen molar-refractivity contribution in [2.75, 3.05) is 18.1 Å². The average molecular weight is 372 g/mol. The molecule has 120 valence electrons. The molecule has 1 N–H and O–H groups in total. The third kappa shape index (κ3) is 3.98. The molecule has 21 heavy (non-hydrogen) atoms. The van der Waals surface area contributed by atoms with Gasteiger partial charge in [0, 0.05) is 6.04 Å². The van der Waals surface area contributed by atoms with Gasteiger partial charge in [-0.2, -0.15) is 0 Å². The highest BCUT2D eigenvalue weighted by Gasteiger charge is 2.45. The highest BCUT2D eigenvalue weighted by Crippen LogP contribution is 2.32. The fourth-order valence-electron chi connectivity index (χ4n) is 2.38. The fourth-order valence-corrected chi connectivity index (χ4v) is 8.80. The first-order chi connectivity index (χ1) is 9.76. The van der Waals surface area contributed by atoms with E-state index in [0.29, 0.717) is 10.9 Å². The Hall–Kier alpha value is -0.150. The number of hydrogen-bond donors (Lipinski definition) is 1. The molecule has 1 aliphatic rings. The molecule has 1 fully saturated rings. The minimum Gasteiger partial charge on any atom is -0.312 e. The summed E-state index contributed by atoms with van der Waals surface area (Å²) in [5, 5.41) is 2.15. The first kappa shape index (κ1) is 17.2. The topological polar surface area (TPSA) is 80.3 Å². The molecular weight excluding hydrogens is 354 g/mol. The zero-order valence-corrected chi connectivity index (χ0v) is 14.8. The molecule has 5 nitrogen and oxygen atoms in total. The van der Waals surface area contributed by atoms with Crippen LogP contribution in [-0.2, 0) is 19.7 Å². The largest absolute Gasteiger partial charge is 0.312 e. The first-order valence-electron chi connectivity index (χ1n) is 6.69. The molecule has 0 spiro atoms. The molecule has 2 rings (SSSR count). The van der Waals surface area contributed by atoms with E-state index in [2.05, 4.69) is 5.32 Å². The van der Waals surface area contributed by atoms with Crippen LogP contribution in [0.5, 0.6) is 0 Å². The van der Waals surface area contributed by atoms with Crippen molar-refractivity contribution in [2.24, 2.45) is 0 Å². The number of thiophene rings is 1. The van der Waals surface area contributed by atoms with Crippen LogP contribution in [0.1, 0.15) is 19.8 Å². The quantitative estimate of drug-likeness (QED) is 0.770. The molecule has 0 saturated carbocycles. The van der Waals surface area contributed by atoms with Crippen LogP contribution in [0.15, 0.2) is 16.3 Å². The van der Waals surface area contributed by atoms with Crippen LogP contribution in [0.4, 0.5) is 0 Å². The van der Waals surface area contributed by atoms with Crippen molar-refractivity contribution >= 4 is 42.6 Å². The molecule has 0 bridgehead atoms. The predicted molar refractivity (Wildman–Crippen MR) is 85.7 cm³/mol. The van der Waals surface area contributed by atoms with Crippen LogP contribution in [0.3, 0.4) is 0 Å². The number of rotatable bonds is 6. The van der Waals surface area contributed by atoms with Gasteiger partial charge in [-0.3, -0.25) is 0 Å². The van der Waals surface area contributed by atoms with Crippen molar-refractivity contribution in [1.82, 2.24) is 5.32 Å². The summed E-state index contributed by atoms with van der Waals surface area (Å²) < 4.78 is 49.4. The van der Waals surface area contributed by atoms with Gasteiger partial charge in [0.15, 0.2) is 19.7 Å². The molecule has 1 saturated heterocycles. The molecule has 1 aromatic heterocycles. The molecule has 0 unspecified atom stereocenters. The summed E-state index contributed by atoms with van der Waals surface area (Å²) in [5.74, 6) is -0.450. The van der Waals surface area contributed by atoms with Gasteiger partial charge in [0.05, 0.1) is 21.1 Å². The maximum absolute atomic E-state index is 12.6. The zero-order valence-electron chi connectivity index (χ0n) is 11.6. The van der Waals surface area contributed by atoms with Gasteiger partial charge in [-0.25, -0.2) is 16.8 Å². The zero-order chi connectivity index (χ0) is 15.7. The van der Waals surface area contributed by atoms with E-state index in [-0.39, 0.29) is 15.7 Å². The summed E-state index contributed by atoms with van der Waals surface area (Å²) in [6.07, 6.45) is 1.85. The second-order valence-corrected chi connectivity index (χ2v) is 11.4. The molecule has 0 radical (unpaired) electrons. The first-order valence-corrected chi connectivity index (χ1v) is 11.3. The fraction of sp³-hybridized carbons (Fsp3) is 0.667. The van der Waals surface area contributed by atoms with E-state index in [1.54, 1.807) is 0 Å². The second kappa shape index (κ2) is 6.54. The second-order valence-electron chi connectivity index (χ2n) is 5.13. The standard InChI is InChI=1S/C12H18ClNO4S3/c1-2-3-6-14-9-7-20(15,16)8-10(9)21(17,18)12-5-4-11(13)19-12/h4-5,9-10,14H,2-3,6-8H2,1H3/t9-,10-/m0/s1. The highest BCUT2D eigenvalue weighted by molar-refractivity contribution is 7.97. The molecule has 1 aliphatic heterocycles. The predicted octanol–water partition coefficient (Wildman–Crippen LogP) is 1.73. The summed E-state index contributed by atoms with van der Waals surface area (Å²) in [7, 11) is -7.02. The number of unbranched alkanes of at least 4 members (excludes halogenated alkanes) is 1. The molecule has 0 aliphatic carbocycles. The lowest BCUT2D eigenvalue weighted by Gasteiger charge is -2.19. The Morgan fingerprint density at radius 2 is 2.10 bits per heavy atom. The number of sulfone groups is 2. The molecule has 9 heteroatoms. The van der Waals surface area contributed by atoms with Crippen LogP contribution in [-0.4, -0.2) is 46.2 Å². The molecule has 0 amide bonds. The van der Waals surface area contributed by atoms with Gasteiger partial charge in [0.2, 0.25) is 0 Å². The molecule has 0 aromatic carbocycles. The van der Waals surface area contributed by atoms with Crippen LogP contribution in [0, 0.1) is 0 Å². The molecule has 2 atom stereocenters. The van der Waals surface area contributed by atoms with Crippen LogP contribution in [0.2, 0.25) is 4.34 Å².